The Morgan fingerprint density at radius 1 is 1.38 bits per heavy atom. The maximum atomic E-state index is 13.1. The van der Waals surface area contributed by atoms with Crippen LogP contribution in [0.2, 0.25) is 0 Å². The Labute approximate surface area is 95.2 Å². The molecule has 1 aromatic carbocycles. The molecule has 1 N–H and O–H groups in total. The van der Waals surface area contributed by atoms with Gasteiger partial charge >= 0.3 is 0 Å². The van der Waals surface area contributed by atoms with Crippen molar-refractivity contribution in [1.82, 2.24) is 5.32 Å². The fraction of sp³-hybridized carbons (Fsp3) is 0.385. The molecule has 0 aliphatic heterocycles. The standard InChI is InChI=1S/C13H17F2N/c1-4-9(2)7-13(16-3)10-5-6-11(14)12(15)8-10/h5-6,8,13,16H,2,4,7H2,1,3H3. The first-order valence-corrected chi connectivity index (χ1v) is 5.37. The Balaban J connectivity index is 2.86. The molecule has 1 aromatic rings. The average molecular weight is 225 g/mol. The van der Waals surface area contributed by atoms with Crippen molar-refractivity contribution in [2.45, 2.75) is 25.8 Å². The molecule has 0 saturated heterocycles. The maximum absolute atomic E-state index is 13.1. The van der Waals surface area contributed by atoms with Gasteiger partial charge in [-0.1, -0.05) is 25.1 Å². The van der Waals surface area contributed by atoms with Gasteiger partial charge in [0.2, 0.25) is 0 Å². The summed E-state index contributed by atoms with van der Waals surface area (Å²) in [6, 6.07) is 3.98. The minimum atomic E-state index is -0.812. The second kappa shape index (κ2) is 5.75. The number of hydrogen-bond acceptors (Lipinski definition) is 1. The van der Waals surface area contributed by atoms with Crippen LogP contribution in [0.25, 0.3) is 0 Å². The number of nitrogens with one attached hydrogen (secondary N) is 1. The van der Waals surface area contributed by atoms with Crippen molar-refractivity contribution in [3.05, 3.63) is 47.5 Å². The molecule has 0 amide bonds. The molecule has 0 spiro atoms. The van der Waals surface area contributed by atoms with E-state index in [9.17, 15) is 8.78 Å². The summed E-state index contributed by atoms with van der Waals surface area (Å²) in [7, 11) is 1.80. The van der Waals surface area contributed by atoms with Crippen molar-refractivity contribution in [3.8, 4) is 0 Å². The SMILES string of the molecule is C=C(CC)CC(NC)c1ccc(F)c(F)c1. The van der Waals surface area contributed by atoms with Crippen LogP contribution in [0, 0.1) is 11.6 Å². The third-order valence-electron chi connectivity index (χ3n) is 2.69. The van der Waals surface area contributed by atoms with E-state index in [0.29, 0.717) is 0 Å². The van der Waals surface area contributed by atoms with Crippen molar-refractivity contribution >= 4 is 0 Å². The lowest BCUT2D eigenvalue weighted by Gasteiger charge is -2.17. The first-order valence-electron chi connectivity index (χ1n) is 5.37. The Morgan fingerprint density at radius 3 is 2.56 bits per heavy atom. The fourth-order valence-electron chi connectivity index (χ4n) is 1.55. The molecule has 1 unspecified atom stereocenters. The van der Waals surface area contributed by atoms with Crippen molar-refractivity contribution in [1.29, 1.82) is 0 Å². The zero-order valence-electron chi connectivity index (χ0n) is 9.69. The predicted molar refractivity (Wildman–Crippen MR) is 62.2 cm³/mol. The first kappa shape index (κ1) is 12.8. The van der Waals surface area contributed by atoms with Crippen LogP contribution < -0.4 is 5.32 Å². The van der Waals surface area contributed by atoms with E-state index >= 15 is 0 Å². The minimum Gasteiger partial charge on any atom is -0.313 e. The number of rotatable bonds is 5. The lowest BCUT2D eigenvalue weighted by molar-refractivity contribution is 0.500. The summed E-state index contributed by atoms with van der Waals surface area (Å²) < 4.78 is 25.9. The number of halogens is 2. The summed E-state index contributed by atoms with van der Waals surface area (Å²) in [5.74, 6) is -1.62. The van der Waals surface area contributed by atoms with Gasteiger partial charge in [0.05, 0.1) is 0 Å². The summed E-state index contributed by atoms with van der Waals surface area (Å²) in [5, 5.41) is 3.08. The van der Waals surface area contributed by atoms with Crippen LogP contribution in [0.3, 0.4) is 0 Å². The summed E-state index contributed by atoms with van der Waals surface area (Å²) in [4.78, 5) is 0. The van der Waals surface area contributed by atoms with E-state index in [-0.39, 0.29) is 6.04 Å². The van der Waals surface area contributed by atoms with Gasteiger partial charge in [0.1, 0.15) is 0 Å². The predicted octanol–water partition coefficient (Wildman–Crippen LogP) is 3.58. The van der Waals surface area contributed by atoms with Crippen LogP contribution >= 0.6 is 0 Å². The van der Waals surface area contributed by atoms with Crippen LogP contribution in [0.15, 0.2) is 30.4 Å². The smallest absolute Gasteiger partial charge is 0.159 e. The van der Waals surface area contributed by atoms with E-state index in [1.165, 1.54) is 6.07 Å². The summed E-state index contributed by atoms with van der Waals surface area (Å²) in [6.07, 6.45) is 1.62. The molecule has 0 heterocycles. The van der Waals surface area contributed by atoms with E-state index in [0.717, 1.165) is 30.0 Å². The third-order valence-corrected chi connectivity index (χ3v) is 2.69. The van der Waals surface area contributed by atoms with Gasteiger partial charge in [-0.05, 0) is 37.6 Å². The van der Waals surface area contributed by atoms with E-state index in [2.05, 4.69) is 11.9 Å². The first-order chi connectivity index (χ1) is 7.58. The van der Waals surface area contributed by atoms with Crippen LogP contribution in [0.4, 0.5) is 8.78 Å². The minimum absolute atomic E-state index is 0.0115. The van der Waals surface area contributed by atoms with Gasteiger partial charge in [-0.25, -0.2) is 8.78 Å². The molecular formula is C13H17F2N. The summed E-state index contributed by atoms with van der Waals surface area (Å²) in [6.45, 7) is 5.95. The molecule has 1 nitrogen and oxygen atoms in total. The van der Waals surface area contributed by atoms with Gasteiger partial charge in [0, 0.05) is 6.04 Å². The largest absolute Gasteiger partial charge is 0.313 e. The van der Waals surface area contributed by atoms with Crippen LogP contribution in [-0.2, 0) is 0 Å². The quantitative estimate of drug-likeness (QED) is 0.755. The van der Waals surface area contributed by atoms with Gasteiger partial charge in [-0.3, -0.25) is 0 Å². The Hall–Kier alpha value is -1.22. The van der Waals surface area contributed by atoms with Gasteiger partial charge in [0.15, 0.2) is 11.6 Å². The molecule has 3 heteroatoms. The van der Waals surface area contributed by atoms with Crippen molar-refractivity contribution in [2.24, 2.45) is 0 Å². The van der Waals surface area contributed by atoms with E-state index in [1.807, 2.05) is 6.92 Å². The maximum Gasteiger partial charge on any atom is 0.159 e. The van der Waals surface area contributed by atoms with Gasteiger partial charge in [-0.2, -0.15) is 0 Å². The average Bonchev–Trinajstić information content (AvgIpc) is 2.29. The Morgan fingerprint density at radius 2 is 2.06 bits per heavy atom. The van der Waals surface area contributed by atoms with Crippen LogP contribution in [-0.4, -0.2) is 7.05 Å². The normalized spacial score (nSPS) is 12.5. The van der Waals surface area contributed by atoms with E-state index in [4.69, 9.17) is 0 Å². The second-order valence-corrected chi connectivity index (χ2v) is 3.82. The molecule has 0 aliphatic rings. The number of hydrogen-bond donors (Lipinski definition) is 1. The highest BCUT2D eigenvalue weighted by Gasteiger charge is 2.12. The molecule has 0 aliphatic carbocycles. The van der Waals surface area contributed by atoms with Crippen molar-refractivity contribution < 1.29 is 8.78 Å². The highest BCUT2D eigenvalue weighted by Crippen LogP contribution is 2.22. The topological polar surface area (TPSA) is 12.0 Å². The molecule has 88 valence electrons. The van der Waals surface area contributed by atoms with Crippen LogP contribution in [0.1, 0.15) is 31.4 Å². The molecule has 1 atom stereocenters. The van der Waals surface area contributed by atoms with Crippen molar-refractivity contribution in [3.63, 3.8) is 0 Å². The second-order valence-electron chi connectivity index (χ2n) is 3.82. The van der Waals surface area contributed by atoms with Crippen LogP contribution in [0.5, 0.6) is 0 Å². The molecule has 0 fully saturated rings. The summed E-state index contributed by atoms with van der Waals surface area (Å²) in [5.41, 5.74) is 1.83. The lowest BCUT2D eigenvalue weighted by Crippen LogP contribution is -2.17. The molecular weight excluding hydrogens is 208 g/mol. The van der Waals surface area contributed by atoms with Crippen molar-refractivity contribution in [2.75, 3.05) is 7.05 Å². The van der Waals surface area contributed by atoms with Gasteiger partial charge < -0.3 is 5.32 Å². The molecule has 0 radical (unpaired) electrons. The highest BCUT2D eigenvalue weighted by atomic mass is 19.2. The zero-order valence-corrected chi connectivity index (χ0v) is 9.69. The molecule has 1 rings (SSSR count). The fourth-order valence-corrected chi connectivity index (χ4v) is 1.55. The Bertz CT molecular complexity index is 374. The monoisotopic (exact) mass is 225 g/mol. The molecule has 16 heavy (non-hydrogen) atoms. The molecule has 0 saturated carbocycles. The van der Waals surface area contributed by atoms with Gasteiger partial charge in [0.25, 0.3) is 0 Å². The van der Waals surface area contributed by atoms with E-state index in [1.54, 1.807) is 13.1 Å². The number of benzene rings is 1. The lowest BCUT2D eigenvalue weighted by atomic mass is 9.98. The Kier molecular flexibility index (Phi) is 4.62. The van der Waals surface area contributed by atoms with E-state index < -0.39 is 11.6 Å². The summed E-state index contributed by atoms with van der Waals surface area (Å²) >= 11 is 0. The van der Waals surface area contributed by atoms with Gasteiger partial charge in [-0.15, -0.1) is 0 Å². The highest BCUT2D eigenvalue weighted by molar-refractivity contribution is 5.22. The third kappa shape index (κ3) is 3.14. The molecule has 0 bridgehead atoms. The zero-order chi connectivity index (χ0) is 12.1. The molecule has 0 aromatic heterocycles.